The summed E-state index contributed by atoms with van der Waals surface area (Å²) < 4.78 is 0. The Morgan fingerprint density at radius 1 is 0.878 bits per heavy atom. The molecular formula is C30H25N5O5S. The summed E-state index contributed by atoms with van der Waals surface area (Å²) in [5.41, 5.74) is 0.505. The molecule has 0 aliphatic heterocycles. The molecule has 0 bridgehead atoms. The van der Waals surface area contributed by atoms with Crippen LogP contribution in [0.3, 0.4) is 0 Å². The van der Waals surface area contributed by atoms with Crippen molar-refractivity contribution in [2.75, 3.05) is 10.6 Å². The molecule has 4 rings (SSSR count). The Bertz CT molecular complexity index is 1580. The normalized spacial score (nSPS) is 11.7. The van der Waals surface area contributed by atoms with Gasteiger partial charge in [0.2, 0.25) is 5.91 Å². The fourth-order valence-corrected chi connectivity index (χ4v) is 4.48. The summed E-state index contributed by atoms with van der Waals surface area (Å²) in [5, 5.41) is 19.1. The van der Waals surface area contributed by atoms with Gasteiger partial charge in [-0.15, -0.1) is 11.8 Å². The zero-order chi connectivity index (χ0) is 29.2. The van der Waals surface area contributed by atoms with E-state index in [9.17, 15) is 24.5 Å². The number of carbonyl (C=O) groups is 3. The number of nitro groups is 1. The van der Waals surface area contributed by atoms with Gasteiger partial charge in [0.15, 0.2) is 0 Å². The van der Waals surface area contributed by atoms with Crippen LogP contribution in [0.15, 0.2) is 114 Å². The molecule has 1 unspecified atom stereocenters. The Balaban J connectivity index is 1.48. The minimum Gasteiger partial charge on any atom is -0.321 e. The van der Waals surface area contributed by atoms with E-state index in [1.807, 2.05) is 0 Å². The highest BCUT2D eigenvalue weighted by atomic mass is 32.2. The molecule has 0 saturated carbocycles. The number of hydrogen-bond donors (Lipinski definition) is 3. The third-order valence-electron chi connectivity index (χ3n) is 5.67. The number of thioether (sulfide) groups is 1. The highest BCUT2D eigenvalue weighted by Gasteiger charge is 2.19. The van der Waals surface area contributed by atoms with Crippen LogP contribution in [-0.2, 0) is 9.59 Å². The SMILES string of the molecule is CC(Sc1ccc(NC(=O)/C(=C/c2ccccc2[N+](=O)[O-])NC(=O)c2ccccc2)cc1)C(=O)Nc1ccccn1. The van der Waals surface area contributed by atoms with Crippen LogP contribution in [0, 0.1) is 10.1 Å². The molecule has 11 heteroatoms. The first-order chi connectivity index (χ1) is 19.8. The van der Waals surface area contributed by atoms with Crippen LogP contribution in [0.2, 0.25) is 0 Å². The summed E-state index contributed by atoms with van der Waals surface area (Å²) in [7, 11) is 0. The van der Waals surface area contributed by atoms with Gasteiger partial charge in [-0.25, -0.2) is 4.98 Å². The van der Waals surface area contributed by atoms with Crippen molar-refractivity contribution in [3.05, 3.63) is 130 Å². The Labute approximate surface area is 240 Å². The molecule has 0 spiro atoms. The first-order valence-electron chi connectivity index (χ1n) is 12.4. The van der Waals surface area contributed by atoms with Crippen molar-refractivity contribution in [3.63, 3.8) is 0 Å². The van der Waals surface area contributed by atoms with Crippen LogP contribution in [0.1, 0.15) is 22.8 Å². The number of amides is 3. The number of rotatable bonds is 10. The van der Waals surface area contributed by atoms with E-state index in [-0.39, 0.29) is 22.9 Å². The van der Waals surface area contributed by atoms with Gasteiger partial charge >= 0.3 is 0 Å². The van der Waals surface area contributed by atoms with Gasteiger partial charge < -0.3 is 16.0 Å². The molecule has 0 aliphatic rings. The van der Waals surface area contributed by atoms with E-state index in [4.69, 9.17) is 0 Å². The molecule has 10 nitrogen and oxygen atoms in total. The number of nitrogens with one attached hydrogen (secondary N) is 3. The maximum Gasteiger partial charge on any atom is 0.276 e. The lowest BCUT2D eigenvalue weighted by molar-refractivity contribution is -0.385. The first kappa shape index (κ1) is 28.7. The van der Waals surface area contributed by atoms with Crippen molar-refractivity contribution in [2.45, 2.75) is 17.1 Å². The number of nitrogens with zero attached hydrogens (tertiary/aromatic N) is 2. The molecule has 3 amide bonds. The summed E-state index contributed by atoms with van der Waals surface area (Å²) in [6.45, 7) is 1.77. The average molecular weight is 568 g/mol. The minimum absolute atomic E-state index is 0.153. The fraction of sp³-hybridized carbons (Fsp3) is 0.0667. The zero-order valence-electron chi connectivity index (χ0n) is 21.8. The van der Waals surface area contributed by atoms with Crippen LogP contribution in [0.25, 0.3) is 6.08 Å². The Kier molecular flexibility index (Phi) is 9.57. The van der Waals surface area contributed by atoms with Gasteiger partial charge in [-0.2, -0.15) is 0 Å². The summed E-state index contributed by atoms with van der Waals surface area (Å²) in [5.74, 6) is -0.955. The monoisotopic (exact) mass is 567 g/mol. The molecule has 0 radical (unpaired) electrons. The molecule has 4 aromatic rings. The standard InChI is InChI=1S/C30H25N5O5S/c1-20(28(36)34-27-13-7-8-18-31-27)41-24-16-14-23(15-17-24)32-30(38)25(33-29(37)21-9-3-2-4-10-21)19-22-11-5-6-12-26(22)35(39)40/h2-20H,1H3,(H,32,38)(H,33,37)(H,31,34,36)/b25-19-. The molecule has 41 heavy (non-hydrogen) atoms. The Morgan fingerprint density at radius 2 is 1.56 bits per heavy atom. The van der Waals surface area contributed by atoms with Crippen LogP contribution in [0.5, 0.6) is 0 Å². The van der Waals surface area contributed by atoms with E-state index in [0.29, 0.717) is 17.1 Å². The van der Waals surface area contributed by atoms with Gasteiger partial charge in [-0.1, -0.05) is 36.4 Å². The number of pyridine rings is 1. The summed E-state index contributed by atoms with van der Waals surface area (Å²) in [6.07, 6.45) is 2.86. The Hall–Kier alpha value is -5.29. The zero-order valence-corrected chi connectivity index (χ0v) is 22.6. The second-order valence-electron chi connectivity index (χ2n) is 8.64. The van der Waals surface area contributed by atoms with Crippen LogP contribution < -0.4 is 16.0 Å². The molecule has 3 N–H and O–H groups in total. The molecule has 0 saturated heterocycles. The third kappa shape index (κ3) is 8.10. The largest absolute Gasteiger partial charge is 0.321 e. The molecule has 0 fully saturated rings. The quantitative estimate of drug-likeness (QED) is 0.0991. The molecule has 3 aromatic carbocycles. The van der Waals surface area contributed by atoms with E-state index in [0.717, 1.165) is 4.90 Å². The second-order valence-corrected chi connectivity index (χ2v) is 10.1. The van der Waals surface area contributed by atoms with Gasteiger partial charge in [0, 0.05) is 28.4 Å². The third-order valence-corrected chi connectivity index (χ3v) is 6.78. The number of carbonyl (C=O) groups excluding carboxylic acids is 3. The van der Waals surface area contributed by atoms with Crippen LogP contribution >= 0.6 is 11.8 Å². The van der Waals surface area contributed by atoms with E-state index < -0.39 is 22.0 Å². The fourth-order valence-electron chi connectivity index (χ4n) is 3.61. The van der Waals surface area contributed by atoms with Gasteiger partial charge in [-0.05, 0) is 67.6 Å². The summed E-state index contributed by atoms with van der Waals surface area (Å²) >= 11 is 1.33. The number of nitro benzene ring substituents is 1. The Morgan fingerprint density at radius 3 is 2.24 bits per heavy atom. The van der Waals surface area contributed by atoms with Crippen molar-refractivity contribution in [1.82, 2.24) is 10.3 Å². The molecule has 1 atom stereocenters. The maximum absolute atomic E-state index is 13.3. The number of anilines is 2. The maximum atomic E-state index is 13.3. The van der Waals surface area contributed by atoms with E-state index in [1.165, 1.54) is 36.0 Å². The van der Waals surface area contributed by atoms with Crippen molar-refractivity contribution in [1.29, 1.82) is 0 Å². The number of benzene rings is 3. The van der Waals surface area contributed by atoms with Crippen molar-refractivity contribution >= 4 is 52.8 Å². The molecule has 1 aromatic heterocycles. The predicted molar refractivity (Wildman–Crippen MR) is 158 cm³/mol. The van der Waals surface area contributed by atoms with Gasteiger partial charge in [0.25, 0.3) is 17.5 Å². The van der Waals surface area contributed by atoms with E-state index in [2.05, 4.69) is 20.9 Å². The topological polar surface area (TPSA) is 143 Å². The lowest BCUT2D eigenvalue weighted by atomic mass is 10.1. The number of hydrogen-bond acceptors (Lipinski definition) is 7. The molecular weight excluding hydrogens is 542 g/mol. The summed E-state index contributed by atoms with van der Waals surface area (Å²) in [4.78, 5) is 54.4. The lowest BCUT2D eigenvalue weighted by Gasteiger charge is -2.13. The first-order valence-corrected chi connectivity index (χ1v) is 13.3. The highest BCUT2D eigenvalue weighted by Crippen LogP contribution is 2.26. The summed E-state index contributed by atoms with van der Waals surface area (Å²) in [6, 6.07) is 26.3. The van der Waals surface area contributed by atoms with Crippen LogP contribution in [-0.4, -0.2) is 32.9 Å². The van der Waals surface area contributed by atoms with E-state index >= 15 is 0 Å². The predicted octanol–water partition coefficient (Wildman–Crippen LogP) is 5.52. The minimum atomic E-state index is -0.670. The lowest BCUT2D eigenvalue weighted by Crippen LogP contribution is -2.30. The van der Waals surface area contributed by atoms with Crippen LogP contribution in [0.4, 0.5) is 17.2 Å². The molecule has 1 heterocycles. The molecule has 0 aliphatic carbocycles. The smallest absolute Gasteiger partial charge is 0.276 e. The number of para-hydroxylation sites is 1. The number of aromatic nitrogens is 1. The second kappa shape index (κ2) is 13.7. The highest BCUT2D eigenvalue weighted by molar-refractivity contribution is 8.00. The van der Waals surface area contributed by atoms with Crippen molar-refractivity contribution in [3.8, 4) is 0 Å². The van der Waals surface area contributed by atoms with Gasteiger partial charge in [0.05, 0.1) is 15.7 Å². The van der Waals surface area contributed by atoms with Gasteiger partial charge in [-0.3, -0.25) is 24.5 Å². The van der Waals surface area contributed by atoms with Gasteiger partial charge in [0.1, 0.15) is 11.5 Å². The molecule has 206 valence electrons. The van der Waals surface area contributed by atoms with E-state index in [1.54, 1.807) is 92.0 Å². The van der Waals surface area contributed by atoms with Crippen molar-refractivity contribution < 1.29 is 19.3 Å². The van der Waals surface area contributed by atoms with Crippen molar-refractivity contribution in [2.24, 2.45) is 0 Å². The average Bonchev–Trinajstić information content (AvgIpc) is 2.98.